The van der Waals surface area contributed by atoms with E-state index in [0.717, 1.165) is 38.4 Å². The molecule has 0 aromatic carbocycles. The highest BCUT2D eigenvalue weighted by atomic mass is 16.5. The van der Waals surface area contributed by atoms with Crippen molar-refractivity contribution in [1.29, 1.82) is 0 Å². The quantitative estimate of drug-likeness (QED) is 0.835. The molecule has 0 atom stereocenters. The van der Waals surface area contributed by atoms with Crippen LogP contribution in [-0.2, 0) is 11.3 Å². The van der Waals surface area contributed by atoms with Gasteiger partial charge in [0.1, 0.15) is 5.76 Å². The second-order valence-corrected chi connectivity index (χ2v) is 3.89. The molecular formula is C11H15NO4. The van der Waals surface area contributed by atoms with Gasteiger partial charge in [0, 0.05) is 25.2 Å². The van der Waals surface area contributed by atoms with Gasteiger partial charge in [-0.25, -0.2) is 4.79 Å². The van der Waals surface area contributed by atoms with Crippen LogP contribution < -0.4 is 0 Å². The number of morpholine rings is 1. The highest BCUT2D eigenvalue weighted by molar-refractivity contribution is 5.84. The molecule has 1 N–H and O–H groups in total. The maximum absolute atomic E-state index is 10.7. The third-order valence-electron chi connectivity index (χ3n) is 2.73. The average Bonchev–Trinajstić information content (AvgIpc) is 2.62. The summed E-state index contributed by atoms with van der Waals surface area (Å²) in [7, 11) is 0. The molecule has 2 heterocycles. The van der Waals surface area contributed by atoms with E-state index in [1.807, 2.05) is 0 Å². The van der Waals surface area contributed by atoms with Crippen LogP contribution in [0.5, 0.6) is 0 Å². The molecule has 1 aromatic rings. The monoisotopic (exact) mass is 225 g/mol. The van der Waals surface area contributed by atoms with Crippen molar-refractivity contribution in [2.24, 2.45) is 0 Å². The van der Waals surface area contributed by atoms with Crippen LogP contribution in [0.25, 0.3) is 0 Å². The van der Waals surface area contributed by atoms with Gasteiger partial charge in [-0.05, 0) is 13.0 Å². The van der Waals surface area contributed by atoms with E-state index in [1.165, 1.54) is 0 Å². The lowest BCUT2D eigenvalue weighted by Crippen LogP contribution is -2.35. The first kappa shape index (κ1) is 11.2. The molecule has 0 spiro atoms. The molecule has 88 valence electrons. The van der Waals surface area contributed by atoms with Crippen LogP contribution in [0, 0.1) is 6.92 Å². The molecule has 0 aliphatic carbocycles. The van der Waals surface area contributed by atoms with Crippen molar-refractivity contribution in [3.63, 3.8) is 0 Å². The van der Waals surface area contributed by atoms with Crippen LogP contribution in [0.1, 0.15) is 21.9 Å². The SMILES string of the molecule is Cc1oc(C(=O)O)cc1CN1CCOCC1. The zero-order chi connectivity index (χ0) is 11.5. The second-order valence-electron chi connectivity index (χ2n) is 3.89. The van der Waals surface area contributed by atoms with Crippen molar-refractivity contribution in [1.82, 2.24) is 4.90 Å². The largest absolute Gasteiger partial charge is 0.475 e. The average molecular weight is 225 g/mol. The van der Waals surface area contributed by atoms with Crippen LogP contribution in [0.15, 0.2) is 10.5 Å². The molecule has 0 bridgehead atoms. The van der Waals surface area contributed by atoms with Gasteiger partial charge in [0.15, 0.2) is 0 Å². The fourth-order valence-electron chi connectivity index (χ4n) is 1.78. The third-order valence-corrected chi connectivity index (χ3v) is 2.73. The van der Waals surface area contributed by atoms with Gasteiger partial charge in [-0.1, -0.05) is 0 Å². The van der Waals surface area contributed by atoms with Crippen molar-refractivity contribution in [2.75, 3.05) is 26.3 Å². The first-order valence-corrected chi connectivity index (χ1v) is 5.29. The Morgan fingerprint density at radius 2 is 2.19 bits per heavy atom. The Morgan fingerprint density at radius 3 is 2.75 bits per heavy atom. The number of ether oxygens (including phenoxy) is 1. The Kier molecular flexibility index (Phi) is 3.26. The van der Waals surface area contributed by atoms with Crippen LogP contribution >= 0.6 is 0 Å². The predicted molar refractivity (Wildman–Crippen MR) is 56.5 cm³/mol. The highest BCUT2D eigenvalue weighted by Crippen LogP contribution is 2.17. The van der Waals surface area contributed by atoms with Gasteiger partial charge in [0.05, 0.1) is 13.2 Å². The summed E-state index contributed by atoms with van der Waals surface area (Å²) in [5, 5.41) is 8.80. The Bertz CT molecular complexity index is 379. The van der Waals surface area contributed by atoms with Gasteiger partial charge in [-0.2, -0.15) is 0 Å². The smallest absolute Gasteiger partial charge is 0.371 e. The number of carboxylic acids is 1. The molecule has 1 fully saturated rings. The molecular weight excluding hydrogens is 210 g/mol. The van der Waals surface area contributed by atoms with Crippen molar-refractivity contribution in [2.45, 2.75) is 13.5 Å². The Labute approximate surface area is 93.6 Å². The summed E-state index contributed by atoms with van der Waals surface area (Å²) in [6.45, 7) is 5.76. The van der Waals surface area contributed by atoms with Crippen molar-refractivity contribution in [3.05, 3.63) is 23.2 Å². The number of furan rings is 1. The Morgan fingerprint density at radius 1 is 1.50 bits per heavy atom. The topological polar surface area (TPSA) is 62.9 Å². The molecule has 0 saturated carbocycles. The fourth-order valence-corrected chi connectivity index (χ4v) is 1.78. The van der Waals surface area contributed by atoms with Crippen molar-refractivity contribution in [3.8, 4) is 0 Å². The number of carbonyl (C=O) groups is 1. The number of carboxylic acid groups (broad SMARTS) is 1. The van der Waals surface area contributed by atoms with Crippen LogP contribution in [0.3, 0.4) is 0 Å². The molecule has 0 amide bonds. The van der Waals surface area contributed by atoms with Gasteiger partial charge < -0.3 is 14.3 Å². The molecule has 1 aromatic heterocycles. The molecule has 5 nitrogen and oxygen atoms in total. The first-order chi connectivity index (χ1) is 7.66. The molecule has 1 aliphatic heterocycles. The molecule has 1 saturated heterocycles. The number of aryl methyl sites for hydroxylation is 1. The molecule has 5 heteroatoms. The van der Waals surface area contributed by atoms with Crippen LogP contribution in [0.2, 0.25) is 0 Å². The zero-order valence-corrected chi connectivity index (χ0v) is 9.23. The van der Waals surface area contributed by atoms with E-state index < -0.39 is 5.97 Å². The Balaban J connectivity index is 2.05. The van der Waals surface area contributed by atoms with E-state index >= 15 is 0 Å². The fraction of sp³-hybridized carbons (Fsp3) is 0.545. The van der Waals surface area contributed by atoms with E-state index in [2.05, 4.69) is 4.90 Å². The van der Waals surface area contributed by atoms with Crippen molar-refractivity contribution >= 4 is 5.97 Å². The van der Waals surface area contributed by atoms with Crippen molar-refractivity contribution < 1.29 is 19.1 Å². The normalized spacial score (nSPS) is 17.6. The van der Waals surface area contributed by atoms with Gasteiger partial charge in [-0.15, -0.1) is 0 Å². The minimum Gasteiger partial charge on any atom is -0.475 e. The second kappa shape index (κ2) is 4.67. The number of hydrogen-bond acceptors (Lipinski definition) is 4. The summed E-state index contributed by atoms with van der Waals surface area (Å²) in [6.07, 6.45) is 0. The van der Waals surface area contributed by atoms with E-state index in [9.17, 15) is 4.79 Å². The summed E-state index contributed by atoms with van der Waals surface area (Å²) in [5.74, 6) is -0.319. The number of hydrogen-bond donors (Lipinski definition) is 1. The van der Waals surface area contributed by atoms with E-state index in [1.54, 1.807) is 13.0 Å². The molecule has 2 rings (SSSR count). The number of aromatic carboxylic acids is 1. The van der Waals surface area contributed by atoms with Gasteiger partial charge in [0.2, 0.25) is 5.76 Å². The lowest BCUT2D eigenvalue weighted by molar-refractivity contribution is 0.0340. The molecule has 16 heavy (non-hydrogen) atoms. The summed E-state index contributed by atoms with van der Waals surface area (Å²) >= 11 is 0. The summed E-state index contributed by atoms with van der Waals surface area (Å²) in [4.78, 5) is 13.0. The van der Waals surface area contributed by atoms with Gasteiger partial charge in [0.25, 0.3) is 0 Å². The standard InChI is InChI=1S/C11H15NO4/c1-8-9(6-10(16-8)11(13)14)7-12-2-4-15-5-3-12/h6H,2-5,7H2,1H3,(H,13,14). The van der Waals surface area contributed by atoms with E-state index in [4.69, 9.17) is 14.3 Å². The number of nitrogens with zero attached hydrogens (tertiary/aromatic N) is 1. The first-order valence-electron chi connectivity index (χ1n) is 5.29. The number of rotatable bonds is 3. The minimum atomic E-state index is -1.02. The predicted octanol–water partition coefficient (Wildman–Crippen LogP) is 1.12. The molecule has 0 radical (unpaired) electrons. The minimum absolute atomic E-state index is 0.0146. The Hall–Kier alpha value is -1.33. The summed E-state index contributed by atoms with van der Waals surface area (Å²) in [6, 6.07) is 1.60. The van der Waals surface area contributed by atoms with E-state index in [0.29, 0.717) is 5.76 Å². The van der Waals surface area contributed by atoms with E-state index in [-0.39, 0.29) is 5.76 Å². The van der Waals surface area contributed by atoms with Crippen LogP contribution in [-0.4, -0.2) is 42.3 Å². The summed E-state index contributed by atoms with van der Waals surface area (Å²) < 4.78 is 10.4. The lowest BCUT2D eigenvalue weighted by atomic mass is 10.2. The van der Waals surface area contributed by atoms with Gasteiger partial charge >= 0.3 is 5.97 Å². The highest BCUT2D eigenvalue weighted by Gasteiger charge is 2.17. The maximum atomic E-state index is 10.7. The molecule has 0 unspecified atom stereocenters. The third kappa shape index (κ3) is 2.43. The maximum Gasteiger partial charge on any atom is 0.371 e. The summed E-state index contributed by atoms with van der Waals surface area (Å²) in [5.41, 5.74) is 0.944. The molecule has 1 aliphatic rings. The van der Waals surface area contributed by atoms with Gasteiger partial charge in [-0.3, -0.25) is 4.90 Å². The van der Waals surface area contributed by atoms with Crippen LogP contribution in [0.4, 0.5) is 0 Å². The lowest BCUT2D eigenvalue weighted by Gasteiger charge is -2.26. The zero-order valence-electron chi connectivity index (χ0n) is 9.23.